The van der Waals surface area contributed by atoms with Gasteiger partial charge in [-0.25, -0.2) is 8.78 Å². The molecule has 106 valence electrons. The zero-order valence-corrected chi connectivity index (χ0v) is 10.7. The molecule has 1 aromatic rings. The third kappa shape index (κ3) is 1.95. The van der Waals surface area contributed by atoms with E-state index in [1.54, 1.807) is 0 Å². The first-order valence-corrected chi connectivity index (χ1v) is 6.62. The van der Waals surface area contributed by atoms with Gasteiger partial charge in [0.1, 0.15) is 0 Å². The average Bonchev–Trinajstić information content (AvgIpc) is 2.83. The van der Waals surface area contributed by atoms with Crippen molar-refractivity contribution in [1.29, 1.82) is 0 Å². The smallest absolute Gasteiger partial charge is 0.257 e. The number of halogens is 2. The molecule has 0 radical (unpaired) electrons. The number of likely N-dealkylation sites (tertiary alicyclic amines) is 1. The van der Waals surface area contributed by atoms with E-state index in [4.69, 9.17) is 0 Å². The Balaban J connectivity index is 1.90. The van der Waals surface area contributed by atoms with E-state index in [0.717, 1.165) is 12.5 Å². The Hall–Kier alpha value is -1.98. The number of piperidine rings is 1. The van der Waals surface area contributed by atoms with Crippen molar-refractivity contribution in [2.45, 2.75) is 18.9 Å². The molecular weight excluding hydrogens is 266 g/mol. The molecule has 0 bridgehead atoms. The van der Waals surface area contributed by atoms with Crippen LogP contribution < -0.4 is 5.32 Å². The molecule has 1 aromatic carbocycles. The van der Waals surface area contributed by atoms with Crippen molar-refractivity contribution in [3.8, 4) is 0 Å². The van der Waals surface area contributed by atoms with Crippen molar-refractivity contribution in [1.82, 2.24) is 10.2 Å². The van der Waals surface area contributed by atoms with Gasteiger partial charge in [-0.2, -0.15) is 0 Å². The molecule has 1 N–H and O–H groups in total. The van der Waals surface area contributed by atoms with Crippen molar-refractivity contribution in [2.24, 2.45) is 5.92 Å². The van der Waals surface area contributed by atoms with Gasteiger partial charge in [0, 0.05) is 13.1 Å². The van der Waals surface area contributed by atoms with E-state index in [2.05, 4.69) is 5.32 Å². The minimum atomic E-state index is -1.13. The summed E-state index contributed by atoms with van der Waals surface area (Å²) in [4.78, 5) is 25.5. The highest BCUT2D eigenvalue weighted by Gasteiger charge is 2.43. The van der Waals surface area contributed by atoms with Crippen LogP contribution >= 0.6 is 0 Å². The minimum absolute atomic E-state index is 0.0628. The van der Waals surface area contributed by atoms with Crippen LogP contribution in [0.25, 0.3) is 0 Å². The molecule has 2 saturated heterocycles. The molecule has 2 aliphatic heterocycles. The lowest BCUT2D eigenvalue weighted by Gasteiger charge is -2.36. The van der Waals surface area contributed by atoms with E-state index < -0.39 is 17.5 Å². The first-order valence-electron chi connectivity index (χ1n) is 6.62. The third-order valence-corrected chi connectivity index (χ3v) is 4.04. The van der Waals surface area contributed by atoms with Gasteiger partial charge in [0.25, 0.3) is 5.91 Å². The van der Waals surface area contributed by atoms with Crippen molar-refractivity contribution in [3.05, 3.63) is 35.4 Å². The van der Waals surface area contributed by atoms with Gasteiger partial charge in [-0.05, 0) is 25.0 Å². The Morgan fingerprint density at radius 1 is 1.35 bits per heavy atom. The lowest BCUT2D eigenvalue weighted by Crippen LogP contribution is -2.49. The van der Waals surface area contributed by atoms with Crippen LogP contribution in [0.3, 0.4) is 0 Å². The average molecular weight is 280 g/mol. The highest BCUT2D eigenvalue weighted by molar-refractivity contribution is 5.95. The predicted molar refractivity (Wildman–Crippen MR) is 66.9 cm³/mol. The lowest BCUT2D eigenvalue weighted by molar-refractivity contribution is -0.123. The fraction of sp³-hybridized carbons (Fsp3) is 0.429. The van der Waals surface area contributed by atoms with E-state index in [9.17, 15) is 18.4 Å². The third-order valence-electron chi connectivity index (χ3n) is 4.04. The fourth-order valence-corrected chi connectivity index (χ4v) is 3.03. The van der Waals surface area contributed by atoms with Gasteiger partial charge in [-0.1, -0.05) is 6.07 Å². The number of nitrogens with zero attached hydrogens (tertiary/aromatic N) is 1. The van der Waals surface area contributed by atoms with Gasteiger partial charge in [0.2, 0.25) is 5.91 Å². The first kappa shape index (κ1) is 13.0. The summed E-state index contributed by atoms with van der Waals surface area (Å²) in [6.07, 6.45) is 1.42. The van der Waals surface area contributed by atoms with E-state index in [1.807, 2.05) is 0 Å². The van der Waals surface area contributed by atoms with Gasteiger partial charge < -0.3 is 10.2 Å². The first-order chi connectivity index (χ1) is 9.59. The fourth-order valence-electron chi connectivity index (χ4n) is 3.03. The van der Waals surface area contributed by atoms with Crippen LogP contribution in [0.4, 0.5) is 8.78 Å². The van der Waals surface area contributed by atoms with Crippen LogP contribution in [0.15, 0.2) is 18.2 Å². The summed E-state index contributed by atoms with van der Waals surface area (Å²) >= 11 is 0. The van der Waals surface area contributed by atoms with Gasteiger partial charge >= 0.3 is 0 Å². The summed E-state index contributed by atoms with van der Waals surface area (Å²) in [5.41, 5.74) is -0.273. The standard InChI is InChI=1S/C14H14F2N2O2/c15-10-5-1-3-9(12(10)16)14(20)18-6-2-4-8-11(18)7-17-13(8)19/h1,3,5,8,11H,2,4,6-7H2,(H,17,19). The van der Waals surface area contributed by atoms with Gasteiger partial charge in [-0.15, -0.1) is 0 Å². The number of amides is 2. The molecule has 0 spiro atoms. The Kier molecular flexibility index (Phi) is 3.16. The Labute approximate surface area is 114 Å². The summed E-state index contributed by atoms with van der Waals surface area (Å²) in [5, 5.41) is 2.72. The zero-order valence-electron chi connectivity index (χ0n) is 10.7. The van der Waals surface area contributed by atoms with Crippen LogP contribution in [0.1, 0.15) is 23.2 Å². The maximum atomic E-state index is 13.7. The van der Waals surface area contributed by atoms with Gasteiger partial charge in [0.15, 0.2) is 11.6 Å². The quantitative estimate of drug-likeness (QED) is 0.843. The van der Waals surface area contributed by atoms with E-state index in [-0.39, 0.29) is 23.4 Å². The number of carbonyl (C=O) groups excluding carboxylic acids is 2. The Morgan fingerprint density at radius 3 is 2.95 bits per heavy atom. The maximum absolute atomic E-state index is 13.7. The summed E-state index contributed by atoms with van der Waals surface area (Å²) in [7, 11) is 0. The molecule has 2 aliphatic rings. The molecule has 6 heteroatoms. The SMILES string of the molecule is O=C1NCC2C1CCCN2C(=O)c1cccc(F)c1F. The topological polar surface area (TPSA) is 49.4 Å². The normalized spacial score (nSPS) is 25.3. The monoisotopic (exact) mass is 280 g/mol. The van der Waals surface area contributed by atoms with Gasteiger partial charge in [0.05, 0.1) is 17.5 Å². The predicted octanol–water partition coefficient (Wildman–Crippen LogP) is 1.32. The molecule has 2 amide bonds. The van der Waals surface area contributed by atoms with Crippen LogP contribution in [0, 0.1) is 17.6 Å². The largest absolute Gasteiger partial charge is 0.354 e. The van der Waals surface area contributed by atoms with Crippen molar-refractivity contribution < 1.29 is 18.4 Å². The van der Waals surface area contributed by atoms with E-state index >= 15 is 0 Å². The molecule has 3 rings (SSSR count). The van der Waals surface area contributed by atoms with E-state index in [0.29, 0.717) is 19.5 Å². The molecule has 2 fully saturated rings. The second kappa shape index (κ2) is 4.85. The van der Waals surface area contributed by atoms with Crippen LogP contribution in [0.5, 0.6) is 0 Å². The molecule has 0 aliphatic carbocycles. The summed E-state index contributed by atoms with van der Waals surface area (Å²) in [6, 6.07) is 3.30. The minimum Gasteiger partial charge on any atom is -0.354 e. The number of hydrogen-bond donors (Lipinski definition) is 1. The van der Waals surface area contributed by atoms with Crippen LogP contribution in [-0.4, -0.2) is 35.8 Å². The lowest BCUT2D eigenvalue weighted by atomic mass is 9.91. The number of carbonyl (C=O) groups is 2. The molecule has 2 unspecified atom stereocenters. The highest BCUT2D eigenvalue weighted by atomic mass is 19.2. The number of benzene rings is 1. The molecule has 0 saturated carbocycles. The van der Waals surface area contributed by atoms with E-state index in [1.165, 1.54) is 17.0 Å². The molecule has 4 nitrogen and oxygen atoms in total. The number of hydrogen-bond acceptors (Lipinski definition) is 2. The van der Waals surface area contributed by atoms with Gasteiger partial charge in [-0.3, -0.25) is 9.59 Å². The molecule has 2 atom stereocenters. The zero-order chi connectivity index (χ0) is 14.3. The Morgan fingerprint density at radius 2 is 2.15 bits per heavy atom. The van der Waals surface area contributed by atoms with Crippen LogP contribution in [0.2, 0.25) is 0 Å². The number of fused-ring (bicyclic) bond motifs is 1. The number of rotatable bonds is 1. The van der Waals surface area contributed by atoms with Crippen molar-refractivity contribution >= 4 is 11.8 Å². The summed E-state index contributed by atoms with van der Waals surface area (Å²) in [5.74, 6) is -3.01. The second-order valence-corrected chi connectivity index (χ2v) is 5.16. The molecule has 20 heavy (non-hydrogen) atoms. The molecule has 2 heterocycles. The highest BCUT2D eigenvalue weighted by Crippen LogP contribution is 2.29. The maximum Gasteiger partial charge on any atom is 0.257 e. The van der Waals surface area contributed by atoms with Crippen LogP contribution in [-0.2, 0) is 4.79 Å². The molecular formula is C14H14F2N2O2. The summed E-state index contributed by atoms with van der Waals surface area (Å²) in [6.45, 7) is 0.844. The Bertz CT molecular complexity index is 576. The van der Waals surface area contributed by atoms with Crippen molar-refractivity contribution in [2.75, 3.05) is 13.1 Å². The summed E-state index contributed by atoms with van der Waals surface area (Å²) < 4.78 is 26.9. The van der Waals surface area contributed by atoms with Crippen molar-refractivity contribution in [3.63, 3.8) is 0 Å². The number of nitrogens with one attached hydrogen (secondary N) is 1. The molecule has 0 aromatic heterocycles. The second-order valence-electron chi connectivity index (χ2n) is 5.16.